The van der Waals surface area contributed by atoms with Crippen molar-refractivity contribution in [3.8, 4) is 11.5 Å². The minimum Gasteiger partial charge on any atom is -0.504 e. The number of oxime groups is 1. The number of thioether (sulfide) groups is 1. The summed E-state index contributed by atoms with van der Waals surface area (Å²) in [6.07, 6.45) is -1.55. The maximum absolute atomic E-state index is 13.2. The molecule has 3 heterocycles. The number of anilines is 1. The van der Waals surface area contributed by atoms with E-state index in [9.17, 15) is 39.6 Å². The molecule has 212 valence electrons. The van der Waals surface area contributed by atoms with Crippen molar-refractivity contribution in [2.75, 3.05) is 11.5 Å². The second-order valence-corrected chi connectivity index (χ2v) is 11.0. The third kappa shape index (κ3) is 5.74. The molecule has 0 saturated carbocycles. The van der Waals surface area contributed by atoms with Gasteiger partial charge in [0.25, 0.3) is 11.8 Å². The van der Waals surface area contributed by atoms with Gasteiger partial charge in [0.1, 0.15) is 17.1 Å². The number of fused-ring (bicyclic) bond motifs is 1. The number of aliphatic carboxylic acids is 1. The number of carbonyl (C=O) groups excluding carboxylic acids is 2. The van der Waals surface area contributed by atoms with Crippen LogP contribution < -0.4 is 11.1 Å². The first-order valence-corrected chi connectivity index (χ1v) is 13.3. The van der Waals surface area contributed by atoms with Crippen molar-refractivity contribution in [2.24, 2.45) is 5.16 Å². The van der Waals surface area contributed by atoms with Crippen LogP contribution in [0.5, 0.6) is 11.5 Å². The first-order valence-electron chi connectivity index (χ1n) is 11.4. The average Bonchev–Trinajstić information content (AvgIpc) is 3.30. The van der Waals surface area contributed by atoms with Crippen molar-refractivity contribution in [1.29, 1.82) is 0 Å². The van der Waals surface area contributed by atoms with Crippen LogP contribution in [-0.2, 0) is 30.4 Å². The fraction of sp³-hybridized carbons (Fsp3) is 0.304. The zero-order valence-corrected chi connectivity index (χ0v) is 22.5. The Labute approximate surface area is 233 Å². The molecule has 0 bridgehead atoms. The van der Waals surface area contributed by atoms with Gasteiger partial charge in [-0.2, -0.15) is 0 Å². The summed E-state index contributed by atoms with van der Waals surface area (Å²) in [6.45, 7) is 2.45. The number of amides is 2. The van der Waals surface area contributed by atoms with Gasteiger partial charge in [0.2, 0.25) is 11.5 Å². The van der Waals surface area contributed by atoms with Crippen LogP contribution in [0.25, 0.3) is 0 Å². The Balaban J connectivity index is 1.56. The molecule has 2 aliphatic rings. The molecule has 7 N–H and O–H groups in total. The van der Waals surface area contributed by atoms with Crippen molar-refractivity contribution >= 4 is 57.9 Å². The van der Waals surface area contributed by atoms with Gasteiger partial charge in [0.05, 0.1) is 0 Å². The molecule has 0 radical (unpaired) electrons. The molecule has 2 atom stereocenters. The molecule has 40 heavy (non-hydrogen) atoms. The summed E-state index contributed by atoms with van der Waals surface area (Å²) < 4.78 is 4.95. The molecular weight excluding hydrogens is 570 g/mol. The Bertz CT molecular complexity index is 1450. The van der Waals surface area contributed by atoms with Crippen molar-refractivity contribution < 1.29 is 49.2 Å². The molecule has 15 nitrogen and oxygen atoms in total. The number of nitrogens with zero attached hydrogens (tertiary/aromatic N) is 3. The summed E-state index contributed by atoms with van der Waals surface area (Å²) in [6, 6.07) is 2.99. The predicted octanol–water partition coefficient (Wildman–Crippen LogP) is 1.27. The van der Waals surface area contributed by atoms with Crippen molar-refractivity contribution in [2.45, 2.75) is 37.3 Å². The summed E-state index contributed by atoms with van der Waals surface area (Å²) in [5, 5.41) is 44.9. The maximum Gasteiger partial charge on any atom is 0.512 e. The molecule has 17 heteroatoms. The molecule has 1 aromatic carbocycles. The monoisotopic (exact) mass is 593 g/mol. The lowest BCUT2D eigenvalue weighted by atomic mass is 10.0. The van der Waals surface area contributed by atoms with Gasteiger partial charge in [-0.15, -0.1) is 23.1 Å². The smallest absolute Gasteiger partial charge is 0.504 e. The largest absolute Gasteiger partial charge is 0.512 e. The number of carboxylic acids is 1. The number of benzene rings is 1. The number of ether oxygens (including phenoxy) is 1. The number of hydrogen-bond acceptors (Lipinski definition) is 13. The Morgan fingerprint density at radius 2 is 1.98 bits per heavy atom. The number of aromatic nitrogens is 1. The third-order valence-corrected chi connectivity index (χ3v) is 7.79. The second kappa shape index (κ2) is 10.9. The van der Waals surface area contributed by atoms with Crippen molar-refractivity contribution in [3.63, 3.8) is 0 Å². The van der Waals surface area contributed by atoms with Gasteiger partial charge in [-0.1, -0.05) is 11.2 Å². The topological polar surface area (TPSA) is 234 Å². The fourth-order valence-corrected chi connectivity index (χ4v) is 5.54. The second-order valence-electron chi connectivity index (χ2n) is 9.06. The molecule has 1 saturated heterocycles. The minimum absolute atomic E-state index is 0.00431. The van der Waals surface area contributed by atoms with Crippen LogP contribution in [0.2, 0.25) is 0 Å². The summed E-state index contributed by atoms with van der Waals surface area (Å²) in [5.41, 5.74) is 4.41. The summed E-state index contributed by atoms with van der Waals surface area (Å²) in [4.78, 5) is 59.3. The highest BCUT2D eigenvalue weighted by molar-refractivity contribution is 8.00. The van der Waals surface area contributed by atoms with Crippen LogP contribution >= 0.6 is 23.1 Å². The molecule has 2 aliphatic heterocycles. The zero-order chi connectivity index (χ0) is 29.4. The van der Waals surface area contributed by atoms with Gasteiger partial charge in [0.15, 0.2) is 22.3 Å². The van der Waals surface area contributed by atoms with Crippen molar-refractivity contribution in [3.05, 3.63) is 46.3 Å². The van der Waals surface area contributed by atoms with Crippen LogP contribution in [0.3, 0.4) is 0 Å². The summed E-state index contributed by atoms with van der Waals surface area (Å²) >= 11 is 2.23. The number of nitrogen functional groups attached to an aromatic ring is 1. The molecule has 2 aromatic rings. The lowest BCUT2D eigenvalue weighted by Crippen LogP contribution is -2.70. The van der Waals surface area contributed by atoms with Gasteiger partial charge >= 0.3 is 12.1 Å². The number of rotatable bonds is 9. The maximum atomic E-state index is 13.2. The number of carboxylic acid groups (broad SMARTS) is 2. The third-order valence-electron chi connectivity index (χ3n) is 5.78. The van der Waals surface area contributed by atoms with Gasteiger partial charge in [-0.05, 0) is 38.0 Å². The number of carbonyl (C=O) groups is 4. The lowest BCUT2D eigenvalue weighted by molar-refractivity contribution is -0.161. The number of aromatic hydroxyl groups is 2. The van der Waals surface area contributed by atoms with Gasteiger partial charge in [-0.3, -0.25) is 14.5 Å². The average molecular weight is 594 g/mol. The zero-order valence-electron chi connectivity index (χ0n) is 20.9. The highest BCUT2D eigenvalue weighted by atomic mass is 32.2. The molecule has 0 spiro atoms. The number of thiazole rings is 1. The van der Waals surface area contributed by atoms with E-state index in [1.807, 2.05) is 0 Å². The van der Waals surface area contributed by atoms with E-state index in [0.29, 0.717) is 11.1 Å². The van der Waals surface area contributed by atoms with E-state index in [0.717, 1.165) is 16.2 Å². The van der Waals surface area contributed by atoms with Gasteiger partial charge in [-0.25, -0.2) is 14.6 Å². The SMILES string of the molecule is CC(C)(O/N=C(\C(=O)NC1C(=O)N2C(OC(=O)O)=C(Cc3ccc(O)c(O)c3)CS[C@@H]12)c1csc(N)n1)C(=O)O. The standard InChI is InChI=1S/C23H23N5O10S2/c1-23(2,20(33)34)38-27-14(11-8-40-21(24)25-11)16(31)26-15-17(32)28-18(37-22(35)36)10(7-39-19(15)28)5-9-3-4-12(29)13(30)6-9/h3-4,6,8,15,19,29-30H,5,7H2,1-2H3,(H2,24,25)(H,26,31)(H,33,34)(H,35,36)/b27-14-/t15?,19-/m0/s1. The predicted molar refractivity (Wildman–Crippen MR) is 140 cm³/mol. The molecular formula is C23H23N5O10S2. The van der Waals surface area contributed by atoms with E-state index in [1.165, 1.54) is 49.2 Å². The van der Waals surface area contributed by atoms with Crippen LogP contribution in [0, 0.1) is 0 Å². The Kier molecular flexibility index (Phi) is 7.79. The normalized spacial score (nSPS) is 19.0. The molecule has 4 rings (SSSR count). The van der Waals surface area contributed by atoms with Gasteiger partial charge < -0.3 is 41.1 Å². The van der Waals surface area contributed by atoms with Crippen LogP contribution in [0.15, 0.2) is 40.2 Å². The van der Waals surface area contributed by atoms with Gasteiger partial charge in [0, 0.05) is 16.7 Å². The summed E-state index contributed by atoms with van der Waals surface area (Å²) in [7, 11) is 0. The van der Waals surface area contributed by atoms with E-state index in [-0.39, 0.29) is 40.4 Å². The number of phenolic OH excluding ortho intramolecular Hbond substituents is 2. The van der Waals surface area contributed by atoms with Crippen molar-refractivity contribution in [1.82, 2.24) is 15.2 Å². The molecule has 1 fully saturated rings. The Morgan fingerprint density at radius 1 is 1.25 bits per heavy atom. The highest BCUT2D eigenvalue weighted by Gasteiger charge is 2.54. The van der Waals surface area contributed by atoms with Crippen LogP contribution in [-0.4, -0.2) is 82.7 Å². The van der Waals surface area contributed by atoms with E-state index < -0.39 is 46.7 Å². The molecule has 1 aromatic heterocycles. The number of β-lactam (4-membered cyclic amide) rings is 1. The van der Waals surface area contributed by atoms with E-state index >= 15 is 0 Å². The highest BCUT2D eigenvalue weighted by Crippen LogP contribution is 2.42. The quantitative estimate of drug-likeness (QED) is 0.0791. The molecule has 0 aliphatic carbocycles. The first-order chi connectivity index (χ1) is 18.8. The van der Waals surface area contributed by atoms with E-state index in [2.05, 4.69) is 15.5 Å². The molecule has 1 unspecified atom stereocenters. The van der Waals surface area contributed by atoms with E-state index in [1.54, 1.807) is 0 Å². The van der Waals surface area contributed by atoms with Crippen LogP contribution in [0.1, 0.15) is 25.1 Å². The Hall–Kier alpha value is -4.51. The first kappa shape index (κ1) is 28.5. The van der Waals surface area contributed by atoms with E-state index in [4.69, 9.17) is 15.3 Å². The van der Waals surface area contributed by atoms with Crippen LogP contribution in [0.4, 0.5) is 9.93 Å². The number of phenols is 2. The Morgan fingerprint density at radius 3 is 2.58 bits per heavy atom. The molecule has 2 amide bonds. The minimum atomic E-state index is -1.78. The number of nitrogens with two attached hydrogens (primary N) is 1. The number of nitrogens with one attached hydrogen (secondary N) is 1. The summed E-state index contributed by atoms with van der Waals surface area (Å²) in [5.74, 6) is -3.60. The lowest BCUT2D eigenvalue weighted by Gasteiger charge is -2.49. The fourth-order valence-electron chi connectivity index (χ4n) is 3.67. The number of hydrogen-bond donors (Lipinski definition) is 6.